The van der Waals surface area contributed by atoms with Crippen LogP contribution in [0.2, 0.25) is 0 Å². The van der Waals surface area contributed by atoms with E-state index in [4.69, 9.17) is 4.74 Å². The summed E-state index contributed by atoms with van der Waals surface area (Å²) < 4.78 is 5.51. The molecule has 0 saturated carbocycles. The molecule has 0 aliphatic heterocycles. The molecule has 0 aliphatic carbocycles. The lowest BCUT2D eigenvalue weighted by atomic mass is 10.1. The molecule has 3 nitrogen and oxygen atoms in total. The summed E-state index contributed by atoms with van der Waals surface area (Å²) >= 11 is 0. The van der Waals surface area contributed by atoms with Gasteiger partial charge in [0.1, 0.15) is 5.75 Å². The van der Waals surface area contributed by atoms with Gasteiger partial charge < -0.3 is 10.1 Å². The van der Waals surface area contributed by atoms with Crippen molar-refractivity contribution in [3.8, 4) is 5.75 Å². The fourth-order valence-electron chi connectivity index (χ4n) is 2.57. The Morgan fingerprint density at radius 3 is 2.38 bits per heavy atom. The second kappa shape index (κ2) is 7.64. The number of nitrogens with one attached hydrogen (secondary N) is 1. The van der Waals surface area contributed by atoms with Gasteiger partial charge in [0.05, 0.1) is 0 Å². The molecule has 0 radical (unpaired) electrons. The van der Waals surface area contributed by atoms with Crippen LogP contribution >= 0.6 is 0 Å². The zero-order chi connectivity index (χ0) is 16.8. The molecule has 122 valence electrons. The molecule has 3 aromatic rings. The highest BCUT2D eigenvalue weighted by Gasteiger charge is 2.04. The van der Waals surface area contributed by atoms with Crippen LogP contribution < -0.4 is 10.1 Å². The Bertz CT molecular complexity index is 825. The van der Waals surface area contributed by atoms with Gasteiger partial charge in [-0.2, -0.15) is 0 Å². The van der Waals surface area contributed by atoms with E-state index in [1.807, 2.05) is 42.5 Å². The number of rotatable bonds is 6. The summed E-state index contributed by atoms with van der Waals surface area (Å²) in [5.74, 6) is 0.593. The van der Waals surface area contributed by atoms with Crippen molar-refractivity contribution in [2.45, 2.75) is 19.9 Å². The maximum Gasteiger partial charge on any atom is 0.258 e. The van der Waals surface area contributed by atoms with Gasteiger partial charge in [-0.1, -0.05) is 55.5 Å². The zero-order valence-electron chi connectivity index (χ0n) is 13.8. The molecule has 0 fully saturated rings. The van der Waals surface area contributed by atoms with Gasteiger partial charge in [0.15, 0.2) is 6.61 Å². The third-order valence-corrected chi connectivity index (χ3v) is 4.01. The van der Waals surface area contributed by atoms with Crippen LogP contribution in [0.1, 0.15) is 18.1 Å². The van der Waals surface area contributed by atoms with Crippen LogP contribution in [0.3, 0.4) is 0 Å². The molecule has 3 heteroatoms. The summed E-state index contributed by atoms with van der Waals surface area (Å²) in [5, 5.41) is 5.27. The summed E-state index contributed by atoms with van der Waals surface area (Å²) in [4.78, 5) is 11.9. The van der Waals surface area contributed by atoms with Crippen molar-refractivity contribution in [2.75, 3.05) is 6.61 Å². The van der Waals surface area contributed by atoms with Crippen LogP contribution in [0.15, 0.2) is 66.7 Å². The largest absolute Gasteiger partial charge is 0.484 e. The monoisotopic (exact) mass is 319 g/mol. The third kappa shape index (κ3) is 4.13. The predicted octanol–water partition coefficient (Wildman–Crippen LogP) is 4.10. The Morgan fingerprint density at radius 2 is 1.62 bits per heavy atom. The second-order valence-electron chi connectivity index (χ2n) is 5.74. The van der Waals surface area contributed by atoms with Gasteiger partial charge >= 0.3 is 0 Å². The maximum atomic E-state index is 11.9. The molecule has 0 aromatic heterocycles. The van der Waals surface area contributed by atoms with Crippen molar-refractivity contribution in [2.24, 2.45) is 0 Å². The highest BCUT2D eigenvalue weighted by molar-refractivity contribution is 5.83. The standard InChI is InChI=1S/C21H21NO2/c1-2-16-8-11-20(12-9-16)24-15-21(23)22-14-17-7-10-18-5-3-4-6-19(18)13-17/h3-13H,2,14-15H2,1H3,(H,22,23). The zero-order valence-corrected chi connectivity index (χ0v) is 13.8. The second-order valence-corrected chi connectivity index (χ2v) is 5.74. The van der Waals surface area contributed by atoms with E-state index in [-0.39, 0.29) is 12.5 Å². The lowest BCUT2D eigenvalue weighted by Gasteiger charge is -2.09. The van der Waals surface area contributed by atoms with Crippen molar-refractivity contribution >= 4 is 16.7 Å². The summed E-state index contributed by atoms with van der Waals surface area (Å²) in [6.45, 7) is 2.64. The average molecular weight is 319 g/mol. The molecule has 1 amide bonds. The topological polar surface area (TPSA) is 38.3 Å². The molecule has 0 spiro atoms. The molecule has 0 atom stereocenters. The first-order valence-corrected chi connectivity index (χ1v) is 8.20. The van der Waals surface area contributed by atoms with E-state index in [0.29, 0.717) is 12.3 Å². The van der Waals surface area contributed by atoms with Gasteiger partial charge in [0.2, 0.25) is 0 Å². The predicted molar refractivity (Wildman–Crippen MR) is 97.1 cm³/mol. The molecule has 0 saturated heterocycles. The van der Waals surface area contributed by atoms with Crippen LogP contribution in [0, 0.1) is 0 Å². The molecule has 0 unspecified atom stereocenters. The number of aryl methyl sites for hydroxylation is 1. The molecule has 0 aliphatic rings. The number of amides is 1. The van der Waals surface area contributed by atoms with E-state index in [1.165, 1.54) is 16.3 Å². The maximum absolute atomic E-state index is 11.9. The first kappa shape index (κ1) is 16.1. The molecular formula is C21H21NO2. The van der Waals surface area contributed by atoms with E-state index in [0.717, 1.165) is 12.0 Å². The highest BCUT2D eigenvalue weighted by Crippen LogP contribution is 2.15. The van der Waals surface area contributed by atoms with Crippen molar-refractivity contribution in [3.05, 3.63) is 77.9 Å². The minimum atomic E-state index is -0.122. The van der Waals surface area contributed by atoms with Crippen LogP contribution in [0.5, 0.6) is 5.75 Å². The molecule has 0 heterocycles. The quantitative estimate of drug-likeness (QED) is 0.743. The molecule has 24 heavy (non-hydrogen) atoms. The molecular weight excluding hydrogens is 298 g/mol. The van der Waals surface area contributed by atoms with E-state index in [9.17, 15) is 4.79 Å². The number of carbonyl (C=O) groups excluding carboxylic acids is 1. The van der Waals surface area contributed by atoms with Crippen LogP contribution in [0.25, 0.3) is 10.8 Å². The third-order valence-electron chi connectivity index (χ3n) is 4.01. The summed E-state index contributed by atoms with van der Waals surface area (Å²) in [5.41, 5.74) is 2.33. The minimum absolute atomic E-state index is 0.0268. The smallest absolute Gasteiger partial charge is 0.258 e. The van der Waals surface area contributed by atoms with E-state index >= 15 is 0 Å². The lowest BCUT2D eigenvalue weighted by Crippen LogP contribution is -2.28. The summed E-state index contributed by atoms with van der Waals surface area (Å²) in [6.07, 6.45) is 0.993. The van der Waals surface area contributed by atoms with E-state index in [1.54, 1.807) is 0 Å². The number of benzene rings is 3. The summed E-state index contributed by atoms with van der Waals surface area (Å²) in [7, 11) is 0. The van der Waals surface area contributed by atoms with Crippen molar-refractivity contribution in [1.82, 2.24) is 5.32 Å². The number of ether oxygens (including phenoxy) is 1. The van der Waals surface area contributed by atoms with Crippen LogP contribution in [-0.2, 0) is 17.8 Å². The van der Waals surface area contributed by atoms with Crippen LogP contribution in [0.4, 0.5) is 0 Å². The first-order valence-electron chi connectivity index (χ1n) is 8.20. The Labute approximate surface area is 142 Å². The molecule has 3 aromatic carbocycles. The molecule has 0 bridgehead atoms. The first-order chi connectivity index (χ1) is 11.7. The van der Waals surface area contributed by atoms with Crippen molar-refractivity contribution in [1.29, 1.82) is 0 Å². The molecule has 3 rings (SSSR count). The Balaban J connectivity index is 1.50. The Morgan fingerprint density at radius 1 is 0.917 bits per heavy atom. The van der Waals surface area contributed by atoms with Gasteiger partial charge in [0, 0.05) is 6.54 Å². The summed E-state index contributed by atoms with van der Waals surface area (Å²) in [6, 6.07) is 22.2. The van der Waals surface area contributed by atoms with Gasteiger partial charge in [-0.15, -0.1) is 0 Å². The highest BCUT2D eigenvalue weighted by atomic mass is 16.5. The van der Waals surface area contributed by atoms with Gasteiger partial charge in [0.25, 0.3) is 5.91 Å². The minimum Gasteiger partial charge on any atom is -0.484 e. The number of carbonyl (C=O) groups is 1. The Kier molecular flexibility index (Phi) is 5.12. The number of fused-ring (bicyclic) bond motifs is 1. The van der Waals surface area contributed by atoms with Crippen molar-refractivity contribution in [3.63, 3.8) is 0 Å². The SMILES string of the molecule is CCc1ccc(OCC(=O)NCc2ccc3ccccc3c2)cc1. The normalized spacial score (nSPS) is 10.5. The van der Waals surface area contributed by atoms with Gasteiger partial charge in [-0.05, 0) is 46.5 Å². The van der Waals surface area contributed by atoms with Gasteiger partial charge in [-0.25, -0.2) is 0 Å². The van der Waals surface area contributed by atoms with Crippen LogP contribution in [-0.4, -0.2) is 12.5 Å². The van der Waals surface area contributed by atoms with E-state index < -0.39 is 0 Å². The lowest BCUT2D eigenvalue weighted by molar-refractivity contribution is -0.123. The number of hydrogen-bond acceptors (Lipinski definition) is 2. The fraction of sp³-hybridized carbons (Fsp3) is 0.190. The van der Waals surface area contributed by atoms with Crippen molar-refractivity contribution < 1.29 is 9.53 Å². The number of hydrogen-bond donors (Lipinski definition) is 1. The average Bonchev–Trinajstić information content (AvgIpc) is 2.65. The van der Waals surface area contributed by atoms with E-state index in [2.05, 4.69) is 36.5 Å². The Hall–Kier alpha value is -2.81. The van der Waals surface area contributed by atoms with Gasteiger partial charge in [-0.3, -0.25) is 4.79 Å². The molecule has 1 N–H and O–H groups in total. The fourth-order valence-corrected chi connectivity index (χ4v) is 2.57.